The number of hydrogen-bond acceptors (Lipinski definition) is 3. The van der Waals surface area contributed by atoms with Gasteiger partial charge in [-0.15, -0.1) is 0 Å². The van der Waals surface area contributed by atoms with Gasteiger partial charge >= 0.3 is 0 Å². The summed E-state index contributed by atoms with van der Waals surface area (Å²) < 4.78 is 5.69. The van der Waals surface area contributed by atoms with Gasteiger partial charge in [-0.25, -0.2) is 0 Å². The topological polar surface area (TPSA) is 41.6 Å². The normalized spacial score (nSPS) is 23.4. The molecule has 1 fully saturated rings. The first-order chi connectivity index (χ1) is 14.0. The molecule has 4 heteroatoms. The number of rotatable bonds is 7. The Morgan fingerprint density at radius 2 is 1.86 bits per heavy atom. The molecule has 3 rings (SSSR count). The average molecular weight is 395 g/mol. The van der Waals surface area contributed by atoms with E-state index >= 15 is 0 Å². The molecule has 3 atom stereocenters. The molecular weight excluding hydrogens is 360 g/mol. The van der Waals surface area contributed by atoms with Crippen molar-refractivity contribution in [3.63, 3.8) is 0 Å². The first kappa shape index (κ1) is 21.4. The molecule has 1 aliphatic rings. The van der Waals surface area contributed by atoms with E-state index in [4.69, 9.17) is 4.74 Å². The highest BCUT2D eigenvalue weighted by atomic mass is 16.5. The van der Waals surface area contributed by atoms with Crippen LogP contribution in [0.4, 0.5) is 0 Å². The summed E-state index contributed by atoms with van der Waals surface area (Å²) in [6.07, 6.45) is 3.44. The van der Waals surface area contributed by atoms with E-state index in [0.717, 1.165) is 24.4 Å². The SMILES string of the molecule is CCOc1ccccc1C(=O)N[C@H](c1ccccc1)C1(C)CCC(CC)CN1C. The van der Waals surface area contributed by atoms with Gasteiger partial charge in [-0.3, -0.25) is 9.69 Å². The summed E-state index contributed by atoms with van der Waals surface area (Å²) in [5.74, 6) is 1.27. The largest absolute Gasteiger partial charge is 0.493 e. The van der Waals surface area contributed by atoms with Crippen molar-refractivity contribution >= 4 is 5.91 Å². The van der Waals surface area contributed by atoms with Crippen LogP contribution in [0.5, 0.6) is 5.75 Å². The van der Waals surface area contributed by atoms with Gasteiger partial charge < -0.3 is 10.1 Å². The standard InChI is InChI=1S/C25H34N2O2/c1-5-19-16-17-25(3,27(4)18-19)23(20-12-8-7-9-13-20)26-24(28)21-14-10-11-15-22(21)29-6-2/h7-15,19,23H,5-6,16-18H2,1-4H3,(H,26,28)/t19?,23-,25?/m1/s1. The minimum Gasteiger partial charge on any atom is -0.493 e. The number of benzene rings is 2. The first-order valence-electron chi connectivity index (χ1n) is 10.8. The lowest BCUT2D eigenvalue weighted by Crippen LogP contribution is -2.57. The van der Waals surface area contributed by atoms with Crippen LogP contribution >= 0.6 is 0 Å². The highest BCUT2D eigenvalue weighted by Gasteiger charge is 2.43. The number of carbonyl (C=O) groups is 1. The summed E-state index contributed by atoms with van der Waals surface area (Å²) in [7, 11) is 2.19. The van der Waals surface area contributed by atoms with E-state index in [1.807, 2.05) is 49.4 Å². The number of para-hydroxylation sites is 1. The summed E-state index contributed by atoms with van der Waals surface area (Å²) in [5, 5.41) is 3.36. The van der Waals surface area contributed by atoms with Crippen molar-refractivity contribution in [1.29, 1.82) is 0 Å². The zero-order valence-electron chi connectivity index (χ0n) is 18.2. The molecule has 0 bridgehead atoms. The summed E-state index contributed by atoms with van der Waals surface area (Å²) in [5.41, 5.74) is 1.58. The van der Waals surface area contributed by atoms with Crippen LogP contribution in [0.2, 0.25) is 0 Å². The monoisotopic (exact) mass is 394 g/mol. The van der Waals surface area contributed by atoms with Crippen LogP contribution in [0, 0.1) is 5.92 Å². The second-order valence-electron chi connectivity index (χ2n) is 8.30. The fraction of sp³-hybridized carbons (Fsp3) is 0.480. The van der Waals surface area contributed by atoms with Crippen LogP contribution < -0.4 is 10.1 Å². The molecular formula is C25H34N2O2. The molecule has 2 aromatic rings. The van der Waals surface area contributed by atoms with Gasteiger partial charge in [0.2, 0.25) is 0 Å². The lowest BCUT2D eigenvalue weighted by molar-refractivity contribution is 0.0228. The van der Waals surface area contributed by atoms with Crippen LogP contribution in [0.15, 0.2) is 54.6 Å². The van der Waals surface area contributed by atoms with Gasteiger partial charge in [0.05, 0.1) is 18.2 Å². The van der Waals surface area contributed by atoms with Gasteiger partial charge in [-0.1, -0.05) is 55.8 Å². The van der Waals surface area contributed by atoms with Crippen LogP contribution in [-0.2, 0) is 0 Å². The summed E-state index contributed by atoms with van der Waals surface area (Å²) >= 11 is 0. The Morgan fingerprint density at radius 1 is 1.17 bits per heavy atom. The van der Waals surface area contributed by atoms with Crippen LogP contribution in [0.3, 0.4) is 0 Å². The zero-order chi connectivity index (χ0) is 20.9. The zero-order valence-corrected chi connectivity index (χ0v) is 18.2. The number of piperidine rings is 1. The summed E-state index contributed by atoms with van der Waals surface area (Å²) in [4.78, 5) is 15.8. The van der Waals surface area contributed by atoms with E-state index in [2.05, 4.69) is 43.2 Å². The summed E-state index contributed by atoms with van der Waals surface area (Å²) in [6.45, 7) is 8.07. The van der Waals surface area contributed by atoms with Crippen LogP contribution in [0.25, 0.3) is 0 Å². The van der Waals surface area contributed by atoms with Gasteiger partial charge in [-0.05, 0) is 57.4 Å². The van der Waals surface area contributed by atoms with Crippen LogP contribution in [-0.4, -0.2) is 36.5 Å². The quantitative estimate of drug-likeness (QED) is 0.713. The fourth-order valence-electron chi connectivity index (χ4n) is 4.46. The van der Waals surface area contributed by atoms with Gasteiger partial charge in [0.25, 0.3) is 5.91 Å². The highest BCUT2D eigenvalue weighted by molar-refractivity contribution is 5.97. The smallest absolute Gasteiger partial charge is 0.255 e. The molecule has 0 saturated carbocycles. The van der Waals surface area contributed by atoms with Crippen molar-refractivity contribution in [2.45, 2.75) is 51.6 Å². The van der Waals surface area contributed by atoms with Crippen LogP contribution in [0.1, 0.15) is 62.0 Å². The summed E-state index contributed by atoms with van der Waals surface area (Å²) in [6, 6.07) is 17.7. The molecule has 2 aromatic carbocycles. The Balaban J connectivity index is 1.93. The lowest BCUT2D eigenvalue weighted by atomic mass is 9.75. The second kappa shape index (κ2) is 9.45. The number of likely N-dealkylation sites (tertiary alicyclic amines) is 1. The van der Waals surface area contributed by atoms with Gasteiger partial charge in [0.15, 0.2) is 0 Å². The van der Waals surface area contributed by atoms with Gasteiger partial charge in [0.1, 0.15) is 5.75 Å². The minimum absolute atomic E-state index is 0.0878. The average Bonchev–Trinajstić information content (AvgIpc) is 2.75. The Morgan fingerprint density at radius 3 is 2.52 bits per heavy atom. The van der Waals surface area contributed by atoms with Gasteiger partial charge in [-0.2, -0.15) is 0 Å². The third-order valence-electron chi connectivity index (χ3n) is 6.50. The predicted molar refractivity (Wildman–Crippen MR) is 118 cm³/mol. The van der Waals surface area contributed by atoms with E-state index in [9.17, 15) is 4.79 Å². The molecule has 1 N–H and O–H groups in total. The van der Waals surface area contributed by atoms with Crippen molar-refractivity contribution < 1.29 is 9.53 Å². The molecule has 1 aliphatic heterocycles. The Labute approximate surface area is 175 Å². The number of likely N-dealkylation sites (N-methyl/N-ethyl adjacent to an activating group) is 1. The molecule has 156 valence electrons. The maximum atomic E-state index is 13.3. The molecule has 0 aliphatic carbocycles. The molecule has 29 heavy (non-hydrogen) atoms. The number of nitrogens with one attached hydrogen (secondary N) is 1. The molecule has 1 saturated heterocycles. The molecule has 1 amide bonds. The molecule has 2 unspecified atom stereocenters. The highest BCUT2D eigenvalue weighted by Crippen LogP contribution is 2.40. The maximum Gasteiger partial charge on any atom is 0.255 e. The van der Waals surface area contributed by atoms with Crippen molar-refractivity contribution in [1.82, 2.24) is 10.2 Å². The minimum atomic E-state index is -0.150. The van der Waals surface area contributed by atoms with Crippen molar-refractivity contribution in [2.24, 2.45) is 5.92 Å². The van der Waals surface area contributed by atoms with E-state index in [1.54, 1.807) is 0 Å². The van der Waals surface area contributed by atoms with E-state index < -0.39 is 0 Å². The van der Waals surface area contributed by atoms with E-state index in [0.29, 0.717) is 17.9 Å². The maximum absolute atomic E-state index is 13.3. The Kier molecular flexibility index (Phi) is 6.96. The Bertz CT molecular complexity index is 807. The Hall–Kier alpha value is -2.33. The lowest BCUT2D eigenvalue weighted by Gasteiger charge is -2.50. The third kappa shape index (κ3) is 4.64. The van der Waals surface area contributed by atoms with E-state index in [1.165, 1.54) is 12.8 Å². The number of carbonyl (C=O) groups excluding carboxylic acids is 1. The molecule has 1 heterocycles. The number of nitrogens with zero attached hydrogens (tertiary/aromatic N) is 1. The van der Waals surface area contributed by atoms with Crippen molar-refractivity contribution in [3.8, 4) is 5.75 Å². The second-order valence-corrected chi connectivity index (χ2v) is 8.30. The number of hydrogen-bond donors (Lipinski definition) is 1. The molecule has 0 aromatic heterocycles. The third-order valence-corrected chi connectivity index (χ3v) is 6.50. The first-order valence-corrected chi connectivity index (χ1v) is 10.8. The van der Waals surface area contributed by atoms with Crippen molar-refractivity contribution in [3.05, 3.63) is 65.7 Å². The number of ether oxygens (including phenoxy) is 1. The fourth-order valence-corrected chi connectivity index (χ4v) is 4.46. The molecule has 0 spiro atoms. The van der Waals surface area contributed by atoms with E-state index in [-0.39, 0.29) is 17.5 Å². The van der Waals surface area contributed by atoms with Crippen molar-refractivity contribution in [2.75, 3.05) is 20.2 Å². The predicted octanol–water partition coefficient (Wildman–Crippen LogP) is 5.07. The van der Waals surface area contributed by atoms with Gasteiger partial charge in [0, 0.05) is 12.1 Å². The number of amides is 1. The molecule has 0 radical (unpaired) electrons. The molecule has 4 nitrogen and oxygen atoms in total.